The highest BCUT2D eigenvalue weighted by Gasteiger charge is 2.28. The second-order valence-electron chi connectivity index (χ2n) is 5.77. The summed E-state index contributed by atoms with van der Waals surface area (Å²) in [5, 5.41) is 5.39. The van der Waals surface area contributed by atoms with Gasteiger partial charge in [0.15, 0.2) is 0 Å². The minimum atomic E-state index is -1.08. The van der Waals surface area contributed by atoms with E-state index >= 15 is 0 Å². The van der Waals surface area contributed by atoms with Crippen molar-refractivity contribution in [1.82, 2.24) is 14.5 Å². The van der Waals surface area contributed by atoms with Gasteiger partial charge in [-0.15, -0.1) is 4.72 Å². The van der Waals surface area contributed by atoms with Gasteiger partial charge in [0.1, 0.15) is 4.75 Å². The summed E-state index contributed by atoms with van der Waals surface area (Å²) in [6, 6.07) is 6.13. The van der Waals surface area contributed by atoms with E-state index in [9.17, 15) is 4.55 Å². The van der Waals surface area contributed by atoms with Crippen molar-refractivity contribution in [2.24, 2.45) is 7.05 Å². The van der Waals surface area contributed by atoms with E-state index in [1.165, 1.54) is 0 Å². The fraction of sp³-hybridized carbons (Fsp3) is 0.500. The summed E-state index contributed by atoms with van der Waals surface area (Å²) in [5.41, 5.74) is 2.22. The van der Waals surface area contributed by atoms with Gasteiger partial charge in [-0.25, -0.2) is 0 Å². The summed E-state index contributed by atoms with van der Waals surface area (Å²) < 4.78 is 16.9. The number of fused-ring (bicyclic) bond motifs is 1. The molecule has 4 nitrogen and oxygen atoms in total. The van der Waals surface area contributed by atoms with E-state index < -0.39 is 11.4 Å². The number of rotatable bonds is 3. The van der Waals surface area contributed by atoms with E-state index in [1.807, 2.05) is 57.8 Å². The van der Waals surface area contributed by atoms with Crippen LogP contribution >= 0.6 is 0 Å². The van der Waals surface area contributed by atoms with Crippen LogP contribution in [0.25, 0.3) is 10.9 Å². The van der Waals surface area contributed by atoms with Crippen LogP contribution in [0.15, 0.2) is 24.4 Å². The van der Waals surface area contributed by atoms with Gasteiger partial charge in [-0.05, 0) is 39.3 Å². The van der Waals surface area contributed by atoms with Gasteiger partial charge >= 0.3 is 0 Å². The van der Waals surface area contributed by atoms with Crippen LogP contribution in [0.1, 0.15) is 39.3 Å². The van der Waals surface area contributed by atoms with Crippen molar-refractivity contribution in [3.8, 4) is 0 Å². The zero-order chi connectivity index (χ0) is 14.2. The molecular formula is C14H21N3OS. The number of benzene rings is 1. The predicted octanol–water partition coefficient (Wildman–Crippen LogP) is 2.69. The summed E-state index contributed by atoms with van der Waals surface area (Å²) in [6.07, 6.45) is 1.86. The number of hydrogen-bond acceptors (Lipinski definition) is 3. The first-order valence-corrected chi connectivity index (χ1v) is 7.54. The lowest BCUT2D eigenvalue weighted by Crippen LogP contribution is -2.40. The standard InChI is InChI=1S/C14H21N3OS/c1-10(16-19(18)14(2,3)4)11-7-6-8-13-12(11)9-15-17(13)5/h6-10,16H,1-5H3/t10?,19-/m1/s1. The van der Waals surface area contributed by atoms with E-state index in [1.54, 1.807) is 0 Å². The molecule has 1 aromatic carbocycles. The number of nitrogens with zero attached hydrogens (tertiary/aromatic N) is 2. The lowest BCUT2D eigenvalue weighted by molar-refractivity contribution is 0.532. The SMILES string of the molecule is CC(N[S@+]([O-])C(C)(C)C)c1cccc2c1cnn2C. The molecule has 1 N–H and O–H groups in total. The smallest absolute Gasteiger partial charge is 0.136 e. The van der Waals surface area contributed by atoms with Crippen LogP contribution in [0, 0.1) is 0 Å². The topological polar surface area (TPSA) is 52.9 Å². The third-order valence-electron chi connectivity index (χ3n) is 3.13. The molecule has 1 heterocycles. The molecule has 0 spiro atoms. The summed E-state index contributed by atoms with van der Waals surface area (Å²) in [4.78, 5) is 0. The zero-order valence-corrected chi connectivity index (χ0v) is 12.9. The third-order valence-corrected chi connectivity index (χ3v) is 4.81. The van der Waals surface area contributed by atoms with E-state index in [-0.39, 0.29) is 10.8 Å². The first-order valence-electron chi connectivity index (χ1n) is 6.39. The Morgan fingerprint density at radius 2 is 2.05 bits per heavy atom. The van der Waals surface area contributed by atoms with Gasteiger partial charge in [0.25, 0.3) is 0 Å². The van der Waals surface area contributed by atoms with Crippen LogP contribution in [0.2, 0.25) is 0 Å². The summed E-state index contributed by atoms with van der Waals surface area (Å²) in [6.45, 7) is 7.93. The molecule has 0 saturated heterocycles. The maximum Gasteiger partial charge on any atom is 0.136 e. The van der Waals surface area contributed by atoms with Crippen molar-refractivity contribution in [2.45, 2.75) is 38.5 Å². The van der Waals surface area contributed by atoms with Crippen LogP contribution in [-0.2, 0) is 18.4 Å². The first-order chi connectivity index (χ1) is 8.80. The molecule has 0 aliphatic rings. The van der Waals surface area contributed by atoms with Crippen molar-refractivity contribution < 1.29 is 4.55 Å². The lowest BCUT2D eigenvalue weighted by Gasteiger charge is -2.26. The normalized spacial score (nSPS) is 15.7. The molecule has 0 saturated carbocycles. The molecule has 0 amide bonds. The van der Waals surface area contributed by atoms with E-state index in [0.29, 0.717) is 0 Å². The van der Waals surface area contributed by atoms with Gasteiger partial charge in [-0.1, -0.05) is 12.1 Å². The Balaban J connectivity index is 2.29. The van der Waals surface area contributed by atoms with Crippen molar-refractivity contribution in [3.63, 3.8) is 0 Å². The highest BCUT2D eigenvalue weighted by Crippen LogP contribution is 2.25. The van der Waals surface area contributed by atoms with E-state index in [4.69, 9.17) is 0 Å². The third kappa shape index (κ3) is 2.94. The fourth-order valence-electron chi connectivity index (χ4n) is 1.98. The summed E-state index contributed by atoms with van der Waals surface area (Å²) in [7, 11) is 1.93. The zero-order valence-electron chi connectivity index (χ0n) is 12.1. The number of nitrogens with one attached hydrogen (secondary N) is 1. The van der Waals surface area contributed by atoms with Crippen LogP contribution in [0.4, 0.5) is 0 Å². The molecular weight excluding hydrogens is 258 g/mol. The number of hydrogen-bond donors (Lipinski definition) is 1. The Kier molecular flexibility index (Phi) is 3.90. The predicted molar refractivity (Wildman–Crippen MR) is 80.2 cm³/mol. The Morgan fingerprint density at radius 1 is 1.37 bits per heavy atom. The largest absolute Gasteiger partial charge is 0.598 e. The number of aromatic nitrogens is 2. The quantitative estimate of drug-likeness (QED) is 0.879. The molecule has 0 aliphatic heterocycles. The number of aryl methyl sites for hydroxylation is 1. The highest BCUT2D eigenvalue weighted by molar-refractivity contribution is 7.90. The Bertz CT molecular complexity index is 574. The van der Waals surface area contributed by atoms with Crippen LogP contribution in [-0.4, -0.2) is 19.1 Å². The molecule has 0 aliphatic carbocycles. The average molecular weight is 279 g/mol. The van der Waals surface area contributed by atoms with Gasteiger partial charge in [0.2, 0.25) is 0 Å². The van der Waals surface area contributed by atoms with Crippen LogP contribution < -0.4 is 4.72 Å². The maximum absolute atomic E-state index is 12.2. The highest BCUT2D eigenvalue weighted by atomic mass is 32.2. The van der Waals surface area contributed by atoms with Gasteiger partial charge in [0.05, 0.1) is 17.8 Å². The molecule has 19 heavy (non-hydrogen) atoms. The molecule has 2 atom stereocenters. The molecule has 2 aromatic rings. The second kappa shape index (κ2) is 5.15. The van der Waals surface area contributed by atoms with Crippen LogP contribution in [0.3, 0.4) is 0 Å². The Hall–Kier alpha value is -1.04. The molecule has 5 heteroatoms. The Morgan fingerprint density at radius 3 is 2.68 bits per heavy atom. The molecule has 0 radical (unpaired) electrons. The molecule has 1 aromatic heterocycles. The fourth-order valence-corrected chi connectivity index (χ4v) is 2.78. The minimum Gasteiger partial charge on any atom is -0.598 e. The second-order valence-corrected chi connectivity index (χ2v) is 7.77. The molecule has 1 unspecified atom stereocenters. The summed E-state index contributed by atoms with van der Waals surface area (Å²) >= 11 is -1.08. The van der Waals surface area contributed by atoms with E-state index in [2.05, 4.69) is 15.9 Å². The van der Waals surface area contributed by atoms with Crippen molar-refractivity contribution in [2.75, 3.05) is 0 Å². The monoisotopic (exact) mass is 279 g/mol. The minimum absolute atomic E-state index is 0.0213. The molecule has 2 rings (SSSR count). The van der Waals surface area contributed by atoms with Crippen molar-refractivity contribution in [1.29, 1.82) is 0 Å². The lowest BCUT2D eigenvalue weighted by atomic mass is 10.1. The van der Waals surface area contributed by atoms with E-state index in [0.717, 1.165) is 16.5 Å². The van der Waals surface area contributed by atoms with Crippen LogP contribution in [0.5, 0.6) is 0 Å². The van der Waals surface area contributed by atoms with Crippen molar-refractivity contribution >= 4 is 22.3 Å². The van der Waals surface area contributed by atoms with Gasteiger partial charge < -0.3 is 4.55 Å². The van der Waals surface area contributed by atoms with Gasteiger partial charge in [-0.2, -0.15) is 5.10 Å². The average Bonchev–Trinajstić information content (AvgIpc) is 2.70. The summed E-state index contributed by atoms with van der Waals surface area (Å²) in [5.74, 6) is 0. The molecule has 0 bridgehead atoms. The molecule has 0 fully saturated rings. The first kappa shape index (κ1) is 14.4. The molecule has 104 valence electrons. The van der Waals surface area contributed by atoms with Gasteiger partial charge in [-0.3, -0.25) is 4.68 Å². The van der Waals surface area contributed by atoms with Crippen molar-refractivity contribution in [3.05, 3.63) is 30.0 Å². The maximum atomic E-state index is 12.2. The van der Waals surface area contributed by atoms with Gasteiger partial charge in [0, 0.05) is 23.8 Å². The Labute approximate surface area is 117 Å².